The van der Waals surface area contributed by atoms with Crippen LogP contribution in [0.5, 0.6) is 0 Å². The van der Waals surface area contributed by atoms with Gasteiger partial charge in [-0.3, -0.25) is 4.79 Å². The third kappa shape index (κ3) is 2.56. The van der Waals surface area contributed by atoms with E-state index >= 15 is 0 Å². The van der Waals surface area contributed by atoms with E-state index in [1.54, 1.807) is 0 Å². The summed E-state index contributed by atoms with van der Waals surface area (Å²) in [5.74, 6) is -1.95. The van der Waals surface area contributed by atoms with E-state index in [0.717, 1.165) is 6.07 Å². The van der Waals surface area contributed by atoms with Crippen molar-refractivity contribution >= 4 is 17.8 Å². The number of rotatable bonds is 4. The van der Waals surface area contributed by atoms with Crippen LogP contribution in [0.25, 0.3) is 0 Å². The highest BCUT2D eigenvalue weighted by atomic mass is 19.1. The van der Waals surface area contributed by atoms with Crippen molar-refractivity contribution in [1.29, 1.82) is 5.41 Å². The average Bonchev–Trinajstić information content (AvgIpc) is 2.18. The van der Waals surface area contributed by atoms with E-state index in [-0.39, 0.29) is 5.71 Å². The lowest BCUT2D eigenvalue weighted by Crippen LogP contribution is -2.20. The number of halogens is 1. The minimum atomic E-state index is -0.974. The smallest absolute Gasteiger partial charge is 0.174 e. The van der Waals surface area contributed by atoms with Crippen molar-refractivity contribution in [3.8, 4) is 0 Å². The summed E-state index contributed by atoms with van der Waals surface area (Å²) in [5, 5.41) is 7.41. The zero-order valence-electron chi connectivity index (χ0n) is 8.16. The summed E-state index contributed by atoms with van der Waals surface area (Å²) in [5.41, 5.74) is 0.000741. The fourth-order valence-corrected chi connectivity index (χ4v) is 1.23. The maximum absolute atomic E-state index is 12.9. The molecule has 0 aliphatic rings. The Bertz CT molecular complexity index is 415. The summed E-state index contributed by atoms with van der Waals surface area (Å²) >= 11 is 0. The fraction of sp³-hybridized carbons (Fsp3) is 0.182. The molecule has 1 rings (SSSR count). The zero-order valence-corrected chi connectivity index (χ0v) is 8.16. The number of nitrogens with one attached hydrogen (secondary N) is 1. The summed E-state index contributed by atoms with van der Waals surface area (Å²) in [6, 6.07) is 5.34. The summed E-state index contributed by atoms with van der Waals surface area (Å²) in [4.78, 5) is 21.7. The molecule has 1 N–H and O–H groups in total. The van der Waals surface area contributed by atoms with E-state index in [1.807, 2.05) is 0 Å². The molecule has 78 valence electrons. The second-order valence-electron chi connectivity index (χ2n) is 3.14. The number of benzene rings is 1. The van der Waals surface area contributed by atoms with E-state index < -0.39 is 17.5 Å². The number of carbonyl (C=O) groups excluding carboxylic acids is 2. The van der Waals surface area contributed by atoms with Gasteiger partial charge in [-0.05, 0) is 17.7 Å². The first-order valence-corrected chi connectivity index (χ1v) is 4.36. The van der Waals surface area contributed by atoms with Crippen molar-refractivity contribution in [1.82, 2.24) is 0 Å². The standard InChI is InChI=1S/C11H10FNO2/c1-7(15)11(13)10(6-14)8-3-2-4-9(12)5-8/h2-6,10,13H,1H3. The molecule has 1 aromatic carbocycles. The number of ketones is 1. The molecule has 0 bridgehead atoms. The van der Waals surface area contributed by atoms with Gasteiger partial charge < -0.3 is 10.2 Å². The second kappa shape index (κ2) is 4.59. The summed E-state index contributed by atoms with van der Waals surface area (Å²) in [6.07, 6.45) is 0.471. The molecule has 15 heavy (non-hydrogen) atoms. The number of Topliss-reactive ketones (excluding diaryl/α,β-unsaturated/α-hetero) is 1. The van der Waals surface area contributed by atoms with E-state index in [2.05, 4.69) is 0 Å². The van der Waals surface area contributed by atoms with Crippen LogP contribution in [0.15, 0.2) is 24.3 Å². The Labute approximate surface area is 86.4 Å². The van der Waals surface area contributed by atoms with Crippen LogP contribution in [0, 0.1) is 11.2 Å². The van der Waals surface area contributed by atoms with Crippen molar-refractivity contribution in [2.24, 2.45) is 0 Å². The SMILES string of the molecule is CC(=O)C(=N)C(C=O)c1cccc(F)c1. The van der Waals surface area contributed by atoms with Crippen molar-refractivity contribution in [2.45, 2.75) is 12.8 Å². The lowest BCUT2D eigenvalue weighted by atomic mass is 9.93. The van der Waals surface area contributed by atoms with Crippen molar-refractivity contribution in [2.75, 3.05) is 0 Å². The van der Waals surface area contributed by atoms with Gasteiger partial charge >= 0.3 is 0 Å². The van der Waals surface area contributed by atoms with Gasteiger partial charge in [-0.1, -0.05) is 12.1 Å². The quantitative estimate of drug-likeness (QED) is 0.603. The molecule has 0 radical (unpaired) electrons. The Morgan fingerprint density at radius 3 is 2.67 bits per heavy atom. The van der Waals surface area contributed by atoms with Crippen molar-refractivity contribution < 1.29 is 14.0 Å². The van der Waals surface area contributed by atoms with Crippen LogP contribution in [0.1, 0.15) is 18.4 Å². The summed E-state index contributed by atoms with van der Waals surface area (Å²) < 4.78 is 12.9. The molecule has 0 aliphatic carbocycles. The Balaban J connectivity index is 3.08. The highest BCUT2D eigenvalue weighted by Gasteiger charge is 2.19. The molecule has 0 fully saturated rings. The highest BCUT2D eigenvalue weighted by molar-refractivity contribution is 6.42. The molecule has 1 aromatic rings. The molecule has 0 aromatic heterocycles. The summed E-state index contributed by atoms with van der Waals surface area (Å²) in [6.45, 7) is 1.21. The Kier molecular flexibility index (Phi) is 3.44. The second-order valence-corrected chi connectivity index (χ2v) is 3.14. The first-order chi connectivity index (χ1) is 7.06. The van der Waals surface area contributed by atoms with Gasteiger partial charge in [0, 0.05) is 6.92 Å². The third-order valence-corrected chi connectivity index (χ3v) is 2.03. The van der Waals surface area contributed by atoms with Gasteiger partial charge in [0.05, 0.1) is 11.6 Å². The lowest BCUT2D eigenvalue weighted by molar-refractivity contribution is -0.113. The van der Waals surface area contributed by atoms with E-state index in [0.29, 0.717) is 11.8 Å². The zero-order chi connectivity index (χ0) is 11.4. The maximum atomic E-state index is 12.9. The van der Waals surface area contributed by atoms with E-state index in [9.17, 15) is 14.0 Å². The van der Waals surface area contributed by atoms with Gasteiger partial charge in [-0.25, -0.2) is 4.39 Å². The Morgan fingerprint density at radius 2 is 2.20 bits per heavy atom. The van der Waals surface area contributed by atoms with Gasteiger partial charge in [-0.2, -0.15) is 0 Å². The van der Waals surface area contributed by atoms with Crippen LogP contribution in [-0.4, -0.2) is 17.8 Å². The molecule has 0 aliphatic heterocycles. The third-order valence-electron chi connectivity index (χ3n) is 2.03. The monoisotopic (exact) mass is 207 g/mol. The molecule has 0 amide bonds. The summed E-state index contributed by atoms with van der Waals surface area (Å²) in [7, 11) is 0. The first-order valence-electron chi connectivity index (χ1n) is 4.36. The van der Waals surface area contributed by atoms with Gasteiger partial charge in [0.15, 0.2) is 5.78 Å². The van der Waals surface area contributed by atoms with Gasteiger partial charge in [0.1, 0.15) is 12.1 Å². The number of hydrogen-bond acceptors (Lipinski definition) is 3. The first kappa shape index (κ1) is 11.2. The maximum Gasteiger partial charge on any atom is 0.174 e. The van der Waals surface area contributed by atoms with Crippen LogP contribution < -0.4 is 0 Å². The Morgan fingerprint density at radius 1 is 1.53 bits per heavy atom. The minimum absolute atomic E-state index is 0.324. The predicted molar refractivity (Wildman–Crippen MR) is 53.6 cm³/mol. The molecule has 1 atom stereocenters. The predicted octanol–water partition coefficient (Wildman–Crippen LogP) is 1.72. The van der Waals surface area contributed by atoms with E-state index in [1.165, 1.54) is 25.1 Å². The molecule has 1 unspecified atom stereocenters. The van der Waals surface area contributed by atoms with Crippen LogP contribution in [0.4, 0.5) is 4.39 Å². The largest absolute Gasteiger partial charge is 0.302 e. The molecular weight excluding hydrogens is 197 g/mol. The van der Waals surface area contributed by atoms with Crippen LogP contribution in [0.3, 0.4) is 0 Å². The molecule has 0 saturated carbocycles. The minimum Gasteiger partial charge on any atom is -0.302 e. The van der Waals surface area contributed by atoms with Crippen LogP contribution in [-0.2, 0) is 9.59 Å². The number of aldehydes is 1. The van der Waals surface area contributed by atoms with Crippen LogP contribution >= 0.6 is 0 Å². The topological polar surface area (TPSA) is 58.0 Å². The van der Waals surface area contributed by atoms with Gasteiger partial charge in [0.2, 0.25) is 0 Å². The van der Waals surface area contributed by atoms with Crippen molar-refractivity contribution in [3.05, 3.63) is 35.6 Å². The fourth-order valence-electron chi connectivity index (χ4n) is 1.23. The highest BCUT2D eigenvalue weighted by Crippen LogP contribution is 2.16. The number of carbonyl (C=O) groups is 2. The Hall–Kier alpha value is -1.84. The average molecular weight is 207 g/mol. The van der Waals surface area contributed by atoms with Crippen molar-refractivity contribution in [3.63, 3.8) is 0 Å². The number of hydrogen-bond donors (Lipinski definition) is 1. The molecule has 4 heteroatoms. The molecule has 3 nitrogen and oxygen atoms in total. The van der Waals surface area contributed by atoms with E-state index in [4.69, 9.17) is 5.41 Å². The lowest BCUT2D eigenvalue weighted by Gasteiger charge is -2.09. The van der Waals surface area contributed by atoms with Crippen LogP contribution in [0.2, 0.25) is 0 Å². The molecule has 0 saturated heterocycles. The van der Waals surface area contributed by atoms with Gasteiger partial charge in [0.25, 0.3) is 0 Å². The molecular formula is C11H10FNO2. The molecule has 0 heterocycles. The van der Waals surface area contributed by atoms with Gasteiger partial charge in [-0.15, -0.1) is 0 Å². The molecule has 0 spiro atoms. The normalized spacial score (nSPS) is 11.9.